The molecule has 0 amide bonds. The van der Waals surface area contributed by atoms with Crippen LogP contribution in [0, 0.1) is 0 Å². The summed E-state index contributed by atoms with van der Waals surface area (Å²) in [4.78, 5) is 0.207. The van der Waals surface area contributed by atoms with E-state index in [-0.39, 0.29) is 4.90 Å². The van der Waals surface area contributed by atoms with Crippen LogP contribution in [-0.2, 0) is 17.1 Å². The Morgan fingerprint density at radius 2 is 1.94 bits per heavy atom. The number of rotatable bonds is 4. The molecule has 0 atom stereocenters. The van der Waals surface area contributed by atoms with Crippen LogP contribution in [0.15, 0.2) is 41.4 Å². The first-order valence-electron chi connectivity index (χ1n) is 5.63. The molecule has 0 aliphatic carbocycles. The standard InChI is InChI=1S/C12H15N3O2S/c1-3-13-18(16,17)11-9-15(2)14-12(11)10-7-5-4-6-8-10/h4-9,13H,3H2,1-2H3. The third-order valence-corrected chi connectivity index (χ3v) is 4.01. The molecule has 0 aliphatic heterocycles. The molecule has 1 aromatic heterocycles. The SMILES string of the molecule is CCNS(=O)(=O)c1cn(C)nc1-c1ccccc1. The number of nitrogens with zero attached hydrogens (tertiary/aromatic N) is 2. The second-order valence-corrected chi connectivity index (χ2v) is 5.62. The predicted octanol–water partition coefficient (Wildman–Crippen LogP) is 1.39. The van der Waals surface area contributed by atoms with Gasteiger partial charge in [-0.3, -0.25) is 4.68 Å². The Kier molecular flexibility index (Phi) is 3.49. The topological polar surface area (TPSA) is 64.0 Å². The fourth-order valence-electron chi connectivity index (χ4n) is 1.73. The molecule has 6 heteroatoms. The van der Waals surface area contributed by atoms with Gasteiger partial charge in [0.1, 0.15) is 10.6 Å². The maximum absolute atomic E-state index is 12.1. The Balaban J connectivity index is 2.57. The molecular weight excluding hydrogens is 250 g/mol. The van der Waals surface area contributed by atoms with Gasteiger partial charge in [0, 0.05) is 25.4 Å². The average molecular weight is 265 g/mol. The number of nitrogens with one attached hydrogen (secondary N) is 1. The van der Waals surface area contributed by atoms with Crippen molar-refractivity contribution in [2.45, 2.75) is 11.8 Å². The van der Waals surface area contributed by atoms with Crippen molar-refractivity contribution < 1.29 is 8.42 Å². The van der Waals surface area contributed by atoms with Gasteiger partial charge in [-0.25, -0.2) is 13.1 Å². The van der Waals surface area contributed by atoms with Gasteiger partial charge < -0.3 is 0 Å². The van der Waals surface area contributed by atoms with Crippen molar-refractivity contribution in [3.05, 3.63) is 36.5 Å². The molecular formula is C12H15N3O2S. The molecule has 2 aromatic rings. The van der Waals surface area contributed by atoms with Crippen molar-refractivity contribution in [1.82, 2.24) is 14.5 Å². The molecule has 1 N–H and O–H groups in total. The molecule has 0 saturated heterocycles. The summed E-state index contributed by atoms with van der Waals surface area (Å²) in [6.07, 6.45) is 1.51. The number of sulfonamides is 1. The number of hydrogen-bond acceptors (Lipinski definition) is 3. The van der Waals surface area contributed by atoms with E-state index in [1.807, 2.05) is 30.3 Å². The summed E-state index contributed by atoms with van der Waals surface area (Å²) in [7, 11) is -1.80. The van der Waals surface area contributed by atoms with Crippen molar-refractivity contribution in [2.75, 3.05) is 6.54 Å². The second-order valence-electron chi connectivity index (χ2n) is 3.88. The molecule has 2 rings (SSSR count). The van der Waals surface area contributed by atoms with Crippen LogP contribution < -0.4 is 4.72 Å². The van der Waals surface area contributed by atoms with E-state index in [1.54, 1.807) is 14.0 Å². The highest BCUT2D eigenvalue weighted by Gasteiger charge is 2.21. The third-order valence-electron chi connectivity index (χ3n) is 2.47. The molecule has 0 fully saturated rings. The van der Waals surface area contributed by atoms with Crippen LogP contribution in [0.1, 0.15) is 6.92 Å². The van der Waals surface area contributed by atoms with Gasteiger partial charge in [0.15, 0.2) is 0 Å². The van der Waals surface area contributed by atoms with E-state index in [9.17, 15) is 8.42 Å². The van der Waals surface area contributed by atoms with E-state index in [2.05, 4.69) is 9.82 Å². The Hall–Kier alpha value is -1.66. The van der Waals surface area contributed by atoms with Crippen LogP contribution in [0.4, 0.5) is 0 Å². The van der Waals surface area contributed by atoms with Crippen LogP contribution in [0.5, 0.6) is 0 Å². The van der Waals surface area contributed by atoms with Crippen molar-refractivity contribution in [3.63, 3.8) is 0 Å². The van der Waals surface area contributed by atoms with Crippen molar-refractivity contribution in [3.8, 4) is 11.3 Å². The van der Waals surface area contributed by atoms with Gasteiger partial charge in [0.25, 0.3) is 0 Å². The normalized spacial score (nSPS) is 11.7. The number of aryl methyl sites for hydroxylation is 1. The Morgan fingerprint density at radius 1 is 1.28 bits per heavy atom. The molecule has 5 nitrogen and oxygen atoms in total. The first-order chi connectivity index (χ1) is 8.54. The Bertz CT molecular complexity index is 633. The maximum atomic E-state index is 12.1. The molecule has 1 aromatic carbocycles. The quantitative estimate of drug-likeness (QED) is 0.908. The van der Waals surface area contributed by atoms with E-state index < -0.39 is 10.0 Å². The first-order valence-corrected chi connectivity index (χ1v) is 7.11. The lowest BCUT2D eigenvalue weighted by Crippen LogP contribution is -2.23. The molecule has 0 unspecified atom stereocenters. The van der Waals surface area contributed by atoms with Gasteiger partial charge in [-0.2, -0.15) is 5.10 Å². The summed E-state index contributed by atoms with van der Waals surface area (Å²) in [5, 5.41) is 4.23. The summed E-state index contributed by atoms with van der Waals surface area (Å²) >= 11 is 0. The Labute approximate surface area is 107 Å². The molecule has 0 bridgehead atoms. The summed E-state index contributed by atoms with van der Waals surface area (Å²) in [6.45, 7) is 2.10. The summed E-state index contributed by atoms with van der Waals surface area (Å²) in [6, 6.07) is 9.27. The van der Waals surface area contributed by atoms with E-state index in [0.29, 0.717) is 12.2 Å². The number of benzene rings is 1. The minimum absolute atomic E-state index is 0.207. The van der Waals surface area contributed by atoms with Crippen molar-refractivity contribution >= 4 is 10.0 Å². The van der Waals surface area contributed by atoms with E-state index in [4.69, 9.17) is 0 Å². The minimum Gasteiger partial charge on any atom is -0.274 e. The molecule has 1 heterocycles. The second kappa shape index (κ2) is 4.91. The lowest BCUT2D eigenvalue weighted by atomic mass is 10.2. The highest BCUT2D eigenvalue weighted by Crippen LogP contribution is 2.25. The molecule has 18 heavy (non-hydrogen) atoms. The number of hydrogen-bond donors (Lipinski definition) is 1. The fourth-order valence-corrected chi connectivity index (χ4v) is 2.97. The average Bonchev–Trinajstić information content (AvgIpc) is 2.73. The highest BCUT2D eigenvalue weighted by molar-refractivity contribution is 7.89. The van der Waals surface area contributed by atoms with Crippen LogP contribution in [0.25, 0.3) is 11.3 Å². The van der Waals surface area contributed by atoms with Gasteiger partial charge in [-0.15, -0.1) is 0 Å². The largest absolute Gasteiger partial charge is 0.274 e. The molecule has 0 aliphatic rings. The fraction of sp³-hybridized carbons (Fsp3) is 0.250. The zero-order valence-corrected chi connectivity index (χ0v) is 11.1. The minimum atomic E-state index is -3.50. The van der Waals surface area contributed by atoms with Crippen molar-refractivity contribution in [1.29, 1.82) is 0 Å². The van der Waals surface area contributed by atoms with Crippen LogP contribution in [0.3, 0.4) is 0 Å². The van der Waals surface area contributed by atoms with Crippen molar-refractivity contribution in [2.24, 2.45) is 7.05 Å². The van der Waals surface area contributed by atoms with Crippen LogP contribution >= 0.6 is 0 Å². The van der Waals surface area contributed by atoms with Crippen LogP contribution in [-0.4, -0.2) is 24.7 Å². The summed E-state index contributed by atoms with van der Waals surface area (Å²) in [5.74, 6) is 0. The molecule has 0 spiro atoms. The maximum Gasteiger partial charge on any atom is 0.244 e. The van der Waals surface area contributed by atoms with Gasteiger partial charge >= 0.3 is 0 Å². The third kappa shape index (κ3) is 2.44. The summed E-state index contributed by atoms with van der Waals surface area (Å²) in [5.41, 5.74) is 1.26. The van der Waals surface area contributed by atoms with E-state index in [1.165, 1.54) is 10.9 Å². The predicted molar refractivity (Wildman–Crippen MR) is 69.5 cm³/mol. The zero-order valence-electron chi connectivity index (χ0n) is 10.3. The Morgan fingerprint density at radius 3 is 2.56 bits per heavy atom. The van der Waals surface area contributed by atoms with Gasteiger partial charge in [-0.1, -0.05) is 37.3 Å². The lowest BCUT2D eigenvalue weighted by Gasteiger charge is -2.04. The smallest absolute Gasteiger partial charge is 0.244 e. The van der Waals surface area contributed by atoms with Gasteiger partial charge in [-0.05, 0) is 0 Å². The molecule has 0 saturated carbocycles. The lowest BCUT2D eigenvalue weighted by molar-refractivity contribution is 0.584. The van der Waals surface area contributed by atoms with Gasteiger partial charge in [0.2, 0.25) is 10.0 Å². The van der Waals surface area contributed by atoms with E-state index >= 15 is 0 Å². The first kappa shape index (κ1) is 12.8. The zero-order chi connectivity index (χ0) is 13.2. The number of aromatic nitrogens is 2. The monoisotopic (exact) mass is 265 g/mol. The molecule has 96 valence electrons. The van der Waals surface area contributed by atoms with Crippen LogP contribution in [0.2, 0.25) is 0 Å². The highest BCUT2D eigenvalue weighted by atomic mass is 32.2. The summed E-state index contributed by atoms with van der Waals surface area (Å²) < 4.78 is 28.1. The van der Waals surface area contributed by atoms with E-state index in [0.717, 1.165) is 5.56 Å². The van der Waals surface area contributed by atoms with Gasteiger partial charge in [0.05, 0.1) is 0 Å². The molecule has 0 radical (unpaired) electrons.